The van der Waals surface area contributed by atoms with Crippen LogP contribution in [0, 0.1) is 30.0 Å². The molecule has 1 N–H and O–H groups in total. The maximum absolute atomic E-state index is 13.7. The Bertz CT molecular complexity index is 781. The van der Waals surface area contributed by atoms with Crippen LogP contribution in [-0.2, 0) is 4.79 Å². The molecule has 0 unspecified atom stereocenters. The van der Waals surface area contributed by atoms with E-state index >= 15 is 0 Å². The Morgan fingerprint density at radius 2 is 1.94 bits per heavy atom. The number of anilines is 1. The summed E-state index contributed by atoms with van der Waals surface area (Å²) in [6, 6.07) is 5.66. The Morgan fingerprint density at radius 1 is 1.23 bits per heavy atom. The summed E-state index contributed by atoms with van der Waals surface area (Å²) in [5.41, 5.74) is 1.57. The number of benzene rings is 1. The van der Waals surface area contributed by atoms with Crippen LogP contribution in [0.15, 0.2) is 12.1 Å². The summed E-state index contributed by atoms with van der Waals surface area (Å²) in [5, 5.41) is 12.2. The van der Waals surface area contributed by atoms with E-state index in [0.717, 1.165) is 57.2 Å². The molecule has 0 aromatic heterocycles. The molecule has 1 amide bonds. The fraction of sp³-hybridized carbons (Fsp3) is 0.667. The van der Waals surface area contributed by atoms with Crippen LogP contribution < -0.4 is 10.2 Å². The summed E-state index contributed by atoms with van der Waals surface area (Å²) in [7, 11) is 0. The van der Waals surface area contributed by atoms with E-state index < -0.39 is 0 Å². The molecule has 1 aliphatic heterocycles. The van der Waals surface area contributed by atoms with Crippen LogP contribution in [0.3, 0.4) is 0 Å². The van der Waals surface area contributed by atoms with Gasteiger partial charge in [0, 0.05) is 45.1 Å². The van der Waals surface area contributed by atoms with Crippen molar-refractivity contribution in [2.75, 3.05) is 37.6 Å². The molecule has 0 atom stereocenters. The van der Waals surface area contributed by atoms with Crippen LogP contribution in [0.5, 0.6) is 0 Å². The predicted octanol–water partition coefficient (Wildman–Crippen LogP) is 4.67. The summed E-state index contributed by atoms with van der Waals surface area (Å²) < 4.78 is 13.7. The topological polar surface area (TPSA) is 59.4 Å². The van der Waals surface area contributed by atoms with Gasteiger partial charge in [-0.1, -0.05) is 11.6 Å². The van der Waals surface area contributed by atoms with Crippen molar-refractivity contribution in [3.63, 3.8) is 0 Å². The average Bonchev–Trinajstić information content (AvgIpc) is 2.76. The lowest BCUT2D eigenvalue weighted by atomic mass is 9.84. The molecule has 1 saturated heterocycles. The molecule has 0 radical (unpaired) electrons. The number of rotatable bonds is 8. The highest BCUT2D eigenvalue weighted by Crippen LogP contribution is 2.30. The molecule has 1 aliphatic carbocycles. The number of nitrogens with zero attached hydrogens (tertiary/aromatic N) is 3. The normalized spacial score (nSPS) is 22.2. The Hall–Kier alpha value is -1.84. The van der Waals surface area contributed by atoms with Crippen LogP contribution >= 0.6 is 11.6 Å². The average molecular weight is 449 g/mol. The molecule has 5 nitrogen and oxygen atoms in total. The Labute approximate surface area is 190 Å². The third kappa shape index (κ3) is 7.08. The summed E-state index contributed by atoms with van der Waals surface area (Å²) in [6.45, 7) is 6.71. The highest BCUT2D eigenvalue weighted by molar-refractivity contribution is 6.33. The van der Waals surface area contributed by atoms with Crippen molar-refractivity contribution in [1.82, 2.24) is 10.2 Å². The van der Waals surface area contributed by atoms with Crippen LogP contribution in [0.2, 0.25) is 5.02 Å². The molecule has 1 saturated carbocycles. The monoisotopic (exact) mass is 448 g/mol. The van der Waals surface area contributed by atoms with Crippen LogP contribution in [0.1, 0.15) is 56.9 Å². The van der Waals surface area contributed by atoms with Crippen molar-refractivity contribution in [2.45, 2.75) is 64.3 Å². The second kappa shape index (κ2) is 11.7. The molecule has 170 valence electrons. The van der Waals surface area contributed by atoms with Crippen LogP contribution in [0.25, 0.3) is 0 Å². The zero-order valence-corrected chi connectivity index (χ0v) is 19.3. The Kier molecular flexibility index (Phi) is 8.98. The zero-order valence-electron chi connectivity index (χ0n) is 18.5. The third-order valence-electron chi connectivity index (χ3n) is 6.70. The molecule has 1 aromatic carbocycles. The van der Waals surface area contributed by atoms with E-state index in [1.165, 1.54) is 25.3 Å². The van der Waals surface area contributed by atoms with Crippen molar-refractivity contribution in [1.29, 1.82) is 5.26 Å². The quantitative estimate of drug-likeness (QED) is 0.587. The van der Waals surface area contributed by atoms with Crippen molar-refractivity contribution < 1.29 is 9.18 Å². The van der Waals surface area contributed by atoms with Gasteiger partial charge in [0.1, 0.15) is 5.82 Å². The lowest BCUT2D eigenvalue weighted by Crippen LogP contribution is -2.47. The minimum atomic E-state index is -0.249. The number of unbranched alkanes of at least 4 members (excludes halogenated alkanes) is 1. The molecular formula is C24H34ClFN4O. The Morgan fingerprint density at radius 3 is 2.61 bits per heavy atom. The first-order valence-corrected chi connectivity index (χ1v) is 11.9. The van der Waals surface area contributed by atoms with Gasteiger partial charge in [-0.15, -0.1) is 0 Å². The third-order valence-corrected chi connectivity index (χ3v) is 7.00. The first kappa shape index (κ1) is 23.8. The predicted molar refractivity (Wildman–Crippen MR) is 123 cm³/mol. The standard InChI is InChI=1S/C24H34ClFN4O/c1-18-16-23(21(25)17-22(18)26)30-14-12-29(13-15-30)11-9-19-5-7-20(8-6-19)28-24(31)4-2-3-10-27/h16-17,19-20H,2-9,11-15H2,1H3,(H,28,31). The van der Waals surface area contributed by atoms with Crippen LogP contribution in [-0.4, -0.2) is 49.6 Å². The summed E-state index contributed by atoms with van der Waals surface area (Å²) in [4.78, 5) is 16.7. The zero-order chi connectivity index (χ0) is 22.2. The number of carbonyl (C=O) groups excluding carboxylic acids is 1. The second-order valence-corrected chi connectivity index (χ2v) is 9.37. The number of hydrogen-bond donors (Lipinski definition) is 1. The van der Waals surface area contributed by atoms with E-state index in [1.54, 1.807) is 6.92 Å². The maximum atomic E-state index is 13.7. The van der Waals surface area contributed by atoms with Gasteiger partial charge in [-0.25, -0.2) is 4.39 Å². The molecule has 1 aromatic rings. The van der Waals surface area contributed by atoms with Gasteiger partial charge in [0.15, 0.2) is 0 Å². The second-order valence-electron chi connectivity index (χ2n) is 8.97. The number of nitriles is 1. The summed E-state index contributed by atoms with van der Waals surface area (Å²) in [5.74, 6) is 0.577. The van der Waals surface area contributed by atoms with Gasteiger partial charge in [0.05, 0.1) is 16.8 Å². The molecule has 1 heterocycles. The molecule has 0 spiro atoms. The molecule has 7 heteroatoms. The first-order chi connectivity index (χ1) is 15.0. The molecule has 2 fully saturated rings. The van der Waals surface area contributed by atoms with Crippen LogP contribution in [0.4, 0.5) is 10.1 Å². The lowest BCUT2D eigenvalue weighted by molar-refractivity contribution is -0.122. The molecular weight excluding hydrogens is 415 g/mol. The minimum Gasteiger partial charge on any atom is -0.368 e. The van der Waals surface area contributed by atoms with Gasteiger partial charge >= 0.3 is 0 Å². The molecule has 0 bridgehead atoms. The highest BCUT2D eigenvalue weighted by atomic mass is 35.5. The molecule has 3 rings (SSSR count). The fourth-order valence-corrected chi connectivity index (χ4v) is 4.96. The van der Waals surface area contributed by atoms with Gasteiger partial charge in [-0.3, -0.25) is 9.69 Å². The number of hydrogen-bond acceptors (Lipinski definition) is 4. The van der Waals surface area contributed by atoms with E-state index in [4.69, 9.17) is 16.9 Å². The summed E-state index contributed by atoms with van der Waals surface area (Å²) >= 11 is 6.27. The number of halogens is 2. The van der Waals surface area contributed by atoms with Crippen molar-refractivity contribution in [3.05, 3.63) is 28.5 Å². The van der Waals surface area contributed by atoms with E-state index in [1.807, 2.05) is 6.07 Å². The summed E-state index contributed by atoms with van der Waals surface area (Å²) in [6.07, 6.45) is 7.24. The number of carbonyl (C=O) groups is 1. The van der Waals surface area contributed by atoms with Gasteiger partial charge in [0.25, 0.3) is 0 Å². The smallest absolute Gasteiger partial charge is 0.220 e. The maximum Gasteiger partial charge on any atom is 0.220 e. The first-order valence-electron chi connectivity index (χ1n) is 11.6. The van der Waals surface area contributed by atoms with Gasteiger partial charge < -0.3 is 10.2 Å². The highest BCUT2D eigenvalue weighted by Gasteiger charge is 2.24. The fourth-order valence-electron chi connectivity index (χ4n) is 4.69. The number of aryl methyl sites for hydroxylation is 1. The van der Waals surface area contributed by atoms with E-state index in [-0.39, 0.29) is 11.7 Å². The SMILES string of the molecule is Cc1cc(N2CCN(CCC3CCC(NC(=O)CCCC#N)CC3)CC2)c(Cl)cc1F. The molecule has 2 aliphatic rings. The van der Waals surface area contributed by atoms with E-state index in [9.17, 15) is 9.18 Å². The van der Waals surface area contributed by atoms with E-state index in [0.29, 0.717) is 35.9 Å². The Balaban J connectivity index is 1.33. The van der Waals surface area contributed by atoms with Gasteiger partial charge in [0.2, 0.25) is 5.91 Å². The van der Waals surface area contributed by atoms with Crippen molar-refractivity contribution in [3.8, 4) is 6.07 Å². The van der Waals surface area contributed by atoms with Gasteiger partial charge in [-0.05, 0) is 75.6 Å². The lowest BCUT2D eigenvalue weighted by Gasteiger charge is -2.37. The molecule has 31 heavy (non-hydrogen) atoms. The van der Waals surface area contributed by atoms with Crippen molar-refractivity contribution >= 4 is 23.2 Å². The van der Waals surface area contributed by atoms with Gasteiger partial charge in [-0.2, -0.15) is 5.26 Å². The minimum absolute atomic E-state index is 0.0908. The van der Waals surface area contributed by atoms with Crippen molar-refractivity contribution in [2.24, 2.45) is 5.92 Å². The number of nitrogens with one attached hydrogen (secondary N) is 1. The number of piperazine rings is 1. The van der Waals surface area contributed by atoms with E-state index in [2.05, 4.69) is 21.2 Å². The number of amides is 1. The largest absolute Gasteiger partial charge is 0.368 e.